The third kappa shape index (κ3) is 3.56. The number of carbonyl (C=O) groups excluding carboxylic acids is 1. The van der Waals surface area contributed by atoms with Crippen LogP contribution in [-0.4, -0.2) is 11.0 Å². The van der Waals surface area contributed by atoms with Crippen molar-refractivity contribution in [3.8, 4) is 0 Å². The van der Waals surface area contributed by atoms with E-state index in [1.54, 1.807) is 6.07 Å². The van der Waals surface area contributed by atoms with E-state index in [2.05, 4.69) is 15.6 Å². The number of carbonyl (C=O) groups is 1. The first-order valence-electron chi connectivity index (χ1n) is 5.20. The van der Waals surface area contributed by atoms with Crippen LogP contribution in [0.3, 0.4) is 0 Å². The molecule has 1 aromatic heterocycles. The Morgan fingerprint density at radius 3 is 2.74 bits per heavy atom. The molecule has 4 nitrogen and oxygen atoms in total. The lowest BCUT2D eigenvalue weighted by Crippen LogP contribution is -2.19. The van der Waals surface area contributed by atoms with Crippen LogP contribution < -0.4 is 10.6 Å². The molecule has 2 N–H and O–H groups in total. The number of urea groups is 1. The number of hydrogen-bond donors (Lipinski definition) is 2. The lowest BCUT2D eigenvalue weighted by Gasteiger charge is -2.09. The molecule has 19 heavy (non-hydrogen) atoms. The second-order valence-electron chi connectivity index (χ2n) is 3.55. The molecule has 98 valence electrons. The molecule has 0 atom stereocenters. The molecule has 2 amide bonds. The smallest absolute Gasteiger partial charge is 0.308 e. The van der Waals surface area contributed by atoms with Crippen molar-refractivity contribution in [3.05, 3.63) is 52.5 Å². The molecule has 1 heterocycles. The second kappa shape index (κ2) is 5.86. The Morgan fingerprint density at radius 1 is 1.21 bits per heavy atom. The van der Waals surface area contributed by atoms with E-state index in [9.17, 15) is 9.18 Å². The van der Waals surface area contributed by atoms with Crippen molar-refractivity contribution >= 4 is 40.6 Å². The van der Waals surface area contributed by atoms with E-state index in [0.717, 1.165) is 0 Å². The fourth-order valence-electron chi connectivity index (χ4n) is 1.37. The number of nitrogens with zero attached hydrogens (tertiary/aromatic N) is 1. The number of amides is 2. The molecule has 1 aromatic carbocycles. The number of anilines is 2. The van der Waals surface area contributed by atoms with E-state index in [0.29, 0.717) is 5.69 Å². The number of hydrogen-bond acceptors (Lipinski definition) is 2. The number of benzene rings is 1. The van der Waals surface area contributed by atoms with Crippen LogP contribution in [0.1, 0.15) is 0 Å². The average molecular weight is 300 g/mol. The van der Waals surface area contributed by atoms with Crippen LogP contribution in [0.5, 0.6) is 0 Å². The molecular formula is C12H8Cl2FN3O. The lowest BCUT2D eigenvalue weighted by atomic mass is 10.3. The van der Waals surface area contributed by atoms with Crippen LogP contribution in [-0.2, 0) is 0 Å². The summed E-state index contributed by atoms with van der Waals surface area (Å²) in [5.41, 5.74) is 0.643. The molecule has 2 rings (SSSR count). The highest BCUT2D eigenvalue weighted by Crippen LogP contribution is 2.24. The maximum atomic E-state index is 13.2. The Kier molecular flexibility index (Phi) is 4.19. The minimum Gasteiger partial charge on any atom is -0.308 e. The van der Waals surface area contributed by atoms with Gasteiger partial charge < -0.3 is 10.6 Å². The third-order valence-corrected chi connectivity index (χ3v) is 2.78. The summed E-state index contributed by atoms with van der Waals surface area (Å²) in [6.45, 7) is 0. The van der Waals surface area contributed by atoms with E-state index in [-0.39, 0.29) is 15.9 Å². The summed E-state index contributed by atoms with van der Waals surface area (Å²) in [6.07, 6.45) is 1.45. The zero-order valence-electron chi connectivity index (χ0n) is 9.45. The monoisotopic (exact) mass is 299 g/mol. The van der Waals surface area contributed by atoms with Gasteiger partial charge in [0.2, 0.25) is 0 Å². The van der Waals surface area contributed by atoms with E-state index >= 15 is 0 Å². The predicted octanol–water partition coefficient (Wildman–Crippen LogP) is 4.17. The van der Waals surface area contributed by atoms with Gasteiger partial charge in [-0.15, -0.1) is 0 Å². The van der Waals surface area contributed by atoms with Crippen LogP contribution in [0.25, 0.3) is 0 Å². The van der Waals surface area contributed by atoms with Gasteiger partial charge >= 0.3 is 6.03 Å². The van der Waals surface area contributed by atoms with Gasteiger partial charge in [0.05, 0.1) is 10.7 Å². The highest BCUT2D eigenvalue weighted by atomic mass is 35.5. The Labute approximate surface area is 118 Å². The van der Waals surface area contributed by atoms with Crippen molar-refractivity contribution in [2.24, 2.45) is 0 Å². The summed E-state index contributed by atoms with van der Waals surface area (Å²) in [5.74, 6) is -0.605. The van der Waals surface area contributed by atoms with Crippen molar-refractivity contribution in [1.82, 2.24) is 4.98 Å². The summed E-state index contributed by atoms with van der Waals surface area (Å²) in [5, 5.41) is 5.06. The molecule has 0 spiro atoms. The van der Waals surface area contributed by atoms with Gasteiger partial charge in [0.1, 0.15) is 11.0 Å². The summed E-state index contributed by atoms with van der Waals surface area (Å²) in [4.78, 5) is 15.5. The topological polar surface area (TPSA) is 54.0 Å². The highest BCUT2D eigenvalue weighted by Gasteiger charge is 2.09. The average Bonchev–Trinajstić information content (AvgIpc) is 2.35. The molecule has 0 bridgehead atoms. The standard InChI is InChI=1S/C12H8Cl2FN3O/c13-10-6-7(4-5-16-10)17-12(19)18-9-3-1-2-8(15)11(9)14/h1-6H,(H2,16,17,18,19). The van der Waals surface area contributed by atoms with Gasteiger partial charge in [0, 0.05) is 11.9 Å². The van der Waals surface area contributed by atoms with Crippen LogP contribution in [0.2, 0.25) is 10.2 Å². The Hall–Kier alpha value is -1.85. The van der Waals surface area contributed by atoms with Gasteiger partial charge in [0.15, 0.2) is 0 Å². The number of nitrogens with one attached hydrogen (secondary N) is 2. The van der Waals surface area contributed by atoms with Crippen LogP contribution in [0.4, 0.5) is 20.6 Å². The molecular weight excluding hydrogens is 292 g/mol. The SMILES string of the molecule is O=C(Nc1ccnc(Cl)c1)Nc1cccc(F)c1Cl. The molecule has 0 aliphatic rings. The summed E-state index contributed by atoms with van der Waals surface area (Å²) < 4.78 is 13.2. The molecule has 0 saturated carbocycles. The zero-order chi connectivity index (χ0) is 13.8. The van der Waals surface area contributed by atoms with Gasteiger partial charge in [0.25, 0.3) is 0 Å². The molecule has 0 saturated heterocycles. The highest BCUT2D eigenvalue weighted by molar-refractivity contribution is 6.34. The Morgan fingerprint density at radius 2 is 2.00 bits per heavy atom. The number of aromatic nitrogens is 1. The fraction of sp³-hybridized carbons (Fsp3) is 0. The largest absolute Gasteiger partial charge is 0.323 e. The van der Waals surface area contributed by atoms with E-state index in [1.807, 2.05) is 0 Å². The number of pyridine rings is 1. The Bertz CT molecular complexity index is 622. The van der Waals surface area contributed by atoms with Gasteiger partial charge in [-0.3, -0.25) is 0 Å². The summed E-state index contributed by atoms with van der Waals surface area (Å²) in [7, 11) is 0. The molecule has 7 heteroatoms. The Balaban J connectivity index is 2.08. The van der Waals surface area contributed by atoms with Gasteiger partial charge in [-0.05, 0) is 24.3 Å². The normalized spacial score (nSPS) is 10.1. The molecule has 0 aliphatic carbocycles. The number of rotatable bonds is 2. The van der Waals surface area contributed by atoms with Gasteiger partial charge in [-0.2, -0.15) is 0 Å². The van der Waals surface area contributed by atoms with Gasteiger partial charge in [-0.25, -0.2) is 14.2 Å². The third-order valence-electron chi connectivity index (χ3n) is 2.18. The molecule has 0 fully saturated rings. The van der Waals surface area contributed by atoms with Crippen molar-refractivity contribution in [3.63, 3.8) is 0 Å². The lowest BCUT2D eigenvalue weighted by molar-refractivity contribution is 0.262. The maximum Gasteiger partial charge on any atom is 0.323 e. The number of halogens is 3. The first kappa shape index (κ1) is 13.6. The molecule has 0 unspecified atom stereocenters. The van der Waals surface area contributed by atoms with Crippen molar-refractivity contribution in [2.45, 2.75) is 0 Å². The minimum absolute atomic E-state index is 0.148. The fourth-order valence-corrected chi connectivity index (χ4v) is 1.71. The van der Waals surface area contributed by atoms with E-state index < -0.39 is 11.8 Å². The van der Waals surface area contributed by atoms with Crippen molar-refractivity contribution in [1.29, 1.82) is 0 Å². The quantitative estimate of drug-likeness (QED) is 0.818. The van der Waals surface area contributed by atoms with Crippen molar-refractivity contribution < 1.29 is 9.18 Å². The van der Waals surface area contributed by atoms with Crippen LogP contribution >= 0.6 is 23.2 Å². The molecule has 0 aliphatic heterocycles. The second-order valence-corrected chi connectivity index (χ2v) is 4.31. The van der Waals surface area contributed by atoms with E-state index in [4.69, 9.17) is 23.2 Å². The molecule has 2 aromatic rings. The minimum atomic E-state index is -0.605. The summed E-state index contributed by atoms with van der Waals surface area (Å²) >= 11 is 11.4. The van der Waals surface area contributed by atoms with Crippen LogP contribution in [0.15, 0.2) is 36.5 Å². The van der Waals surface area contributed by atoms with Crippen LogP contribution in [0, 0.1) is 5.82 Å². The van der Waals surface area contributed by atoms with Crippen molar-refractivity contribution in [2.75, 3.05) is 10.6 Å². The maximum absolute atomic E-state index is 13.2. The van der Waals surface area contributed by atoms with Gasteiger partial charge in [-0.1, -0.05) is 29.3 Å². The first-order valence-corrected chi connectivity index (χ1v) is 5.95. The summed E-state index contributed by atoms with van der Waals surface area (Å²) in [6, 6.07) is 6.63. The zero-order valence-corrected chi connectivity index (χ0v) is 11.0. The predicted molar refractivity (Wildman–Crippen MR) is 73.3 cm³/mol. The molecule has 0 radical (unpaired) electrons. The van der Waals surface area contributed by atoms with E-state index in [1.165, 1.54) is 30.5 Å². The first-order chi connectivity index (χ1) is 9.06.